The van der Waals surface area contributed by atoms with Crippen molar-refractivity contribution in [2.45, 2.75) is 18.8 Å². The Labute approximate surface area is 85.2 Å². The zero-order valence-electron chi connectivity index (χ0n) is 7.90. The highest BCUT2D eigenvalue weighted by Gasteiger charge is 2.29. The van der Waals surface area contributed by atoms with E-state index >= 15 is 0 Å². The highest BCUT2D eigenvalue weighted by molar-refractivity contribution is 6.03. The van der Waals surface area contributed by atoms with Gasteiger partial charge in [0.2, 0.25) is 0 Å². The van der Waals surface area contributed by atoms with Gasteiger partial charge >= 0.3 is 5.97 Å². The molecular formula is C10H9N3O2. The lowest BCUT2D eigenvalue weighted by molar-refractivity contribution is 0.0699. The van der Waals surface area contributed by atoms with Crippen LogP contribution in [-0.2, 0) is 0 Å². The summed E-state index contributed by atoms with van der Waals surface area (Å²) >= 11 is 0. The van der Waals surface area contributed by atoms with Crippen molar-refractivity contribution in [3.05, 3.63) is 23.8 Å². The van der Waals surface area contributed by atoms with Crippen LogP contribution >= 0.6 is 0 Å². The van der Waals surface area contributed by atoms with Crippen LogP contribution in [0.1, 0.15) is 34.8 Å². The van der Waals surface area contributed by atoms with Gasteiger partial charge in [-0.2, -0.15) is 0 Å². The van der Waals surface area contributed by atoms with Gasteiger partial charge < -0.3 is 10.1 Å². The van der Waals surface area contributed by atoms with Crippen molar-refractivity contribution >= 4 is 17.0 Å². The summed E-state index contributed by atoms with van der Waals surface area (Å²) < 4.78 is 0. The number of hydrogen-bond acceptors (Lipinski definition) is 3. The zero-order valence-corrected chi connectivity index (χ0v) is 7.90. The van der Waals surface area contributed by atoms with E-state index in [1.54, 1.807) is 0 Å². The van der Waals surface area contributed by atoms with Crippen LogP contribution in [0.2, 0.25) is 0 Å². The largest absolute Gasteiger partial charge is 0.478 e. The van der Waals surface area contributed by atoms with E-state index in [-0.39, 0.29) is 5.56 Å². The maximum absolute atomic E-state index is 11.0. The molecule has 0 bridgehead atoms. The molecule has 1 saturated carbocycles. The molecule has 0 spiro atoms. The number of carbonyl (C=O) groups is 1. The Balaban J connectivity index is 2.33. The molecular weight excluding hydrogens is 194 g/mol. The number of carboxylic acids is 1. The fourth-order valence-corrected chi connectivity index (χ4v) is 1.82. The molecule has 0 aliphatic heterocycles. The lowest BCUT2D eigenvalue weighted by Crippen LogP contribution is -1.98. The normalized spacial score (nSPS) is 15.7. The van der Waals surface area contributed by atoms with Crippen molar-refractivity contribution in [1.82, 2.24) is 15.0 Å². The molecule has 2 aromatic heterocycles. The molecule has 1 aliphatic rings. The minimum atomic E-state index is -0.932. The Hall–Kier alpha value is -1.91. The van der Waals surface area contributed by atoms with Gasteiger partial charge in [0.25, 0.3) is 0 Å². The van der Waals surface area contributed by atoms with E-state index in [1.165, 1.54) is 12.5 Å². The van der Waals surface area contributed by atoms with E-state index in [1.807, 2.05) is 0 Å². The number of rotatable bonds is 2. The van der Waals surface area contributed by atoms with Gasteiger partial charge in [0.1, 0.15) is 12.0 Å². The molecule has 5 heteroatoms. The summed E-state index contributed by atoms with van der Waals surface area (Å²) in [6, 6.07) is 0. The Morgan fingerprint density at radius 2 is 2.27 bits per heavy atom. The van der Waals surface area contributed by atoms with Gasteiger partial charge in [0.15, 0.2) is 0 Å². The molecule has 3 rings (SSSR count). The van der Waals surface area contributed by atoms with Crippen LogP contribution < -0.4 is 0 Å². The van der Waals surface area contributed by atoms with Crippen LogP contribution in [-0.4, -0.2) is 26.0 Å². The molecule has 0 saturated heterocycles. The second-order valence-corrected chi connectivity index (χ2v) is 3.76. The monoisotopic (exact) mass is 203 g/mol. The van der Waals surface area contributed by atoms with Gasteiger partial charge in [-0.3, -0.25) is 0 Å². The second kappa shape index (κ2) is 2.79. The number of nitrogens with zero attached hydrogens (tertiary/aromatic N) is 2. The van der Waals surface area contributed by atoms with Crippen LogP contribution in [0.3, 0.4) is 0 Å². The van der Waals surface area contributed by atoms with E-state index in [0.29, 0.717) is 17.0 Å². The molecule has 1 fully saturated rings. The van der Waals surface area contributed by atoms with Gasteiger partial charge in [-0.15, -0.1) is 0 Å². The first kappa shape index (κ1) is 8.40. The van der Waals surface area contributed by atoms with Crippen LogP contribution in [0, 0.1) is 0 Å². The number of aromatic amines is 1. The minimum absolute atomic E-state index is 0.271. The highest BCUT2D eigenvalue weighted by Crippen LogP contribution is 2.42. The number of nitrogens with one attached hydrogen (secondary N) is 1. The molecule has 15 heavy (non-hydrogen) atoms. The number of fused-ring (bicyclic) bond motifs is 1. The van der Waals surface area contributed by atoms with E-state index in [4.69, 9.17) is 5.11 Å². The molecule has 2 N–H and O–H groups in total. The summed E-state index contributed by atoms with van der Waals surface area (Å²) in [5.74, 6) is -0.512. The maximum atomic E-state index is 11.0. The third kappa shape index (κ3) is 1.20. The number of aromatic nitrogens is 3. The molecule has 76 valence electrons. The minimum Gasteiger partial charge on any atom is -0.478 e. The molecule has 0 radical (unpaired) electrons. The molecule has 0 aromatic carbocycles. The summed E-state index contributed by atoms with van der Waals surface area (Å²) in [7, 11) is 0. The SMILES string of the molecule is O=C(O)c1c[nH]c2ncnc(C3CC3)c12. The van der Waals surface area contributed by atoms with E-state index in [0.717, 1.165) is 18.5 Å². The van der Waals surface area contributed by atoms with Crippen molar-refractivity contribution in [2.75, 3.05) is 0 Å². The first-order valence-corrected chi connectivity index (χ1v) is 4.82. The molecule has 1 aliphatic carbocycles. The summed E-state index contributed by atoms with van der Waals surface area (Å²) in [4.78, 5) is 22.1. The van der Waals surface area contributed by atoms with E-state index < -0.39 is 5.97 Å². The zero-order chi connectivity index (χ0) is 10.4. The van der Waals surface area contributed by atoms with Gasteiger partial charge in [-0.25, -0.2) is 14.8 Å². The smallest absolute Gasteiger partial charge is 0.338 e. The van der Waals surface area contributed by atoms with Gasteiger partial charge in [0.05, 0.1) is 16.6 Å². The van der Waals surface area contributed by atoms with Crippen LogP contribution in [0.4, 0.5) is 0 Å². The van der Waals surface area contributed by atoms with Crippen molar-refractivity contribution in [1.29, 1.82) is 0 Å². The fraction of sp³-hybridized carbons (Fsp3) is 0.300. The van der Waals surface area contributed by atoms with Gasteiger partial charge in [-0.05, 0) is 12.8 Å². The molecule has 0 amide bonds. The third-order valence-electron chi connectivity index (χ3n) is 2.69. The number of hydrogen-bond donors (Lipinski definition) is 2. The molecule has 5 nitrogen and oxygen atoms in total. The fourth-order valence-electron chi connectivity index (χ4n) is 1.82. The predicted molar refractivity (Wildman–Crippen MR) is 52.8 cm³/mol. The predicted octanol–water partition coefficient (Wildman–Crippen LogP) is 1.53. The third-order valence-corrected chi connectivity index (χ3v) is 2.69. The van der Waals surface area contributed by atoms with Crippen LogP contribution in [0.25, 0.3) is 11.0 Å². The van der Waals surface area contributed by atoms with E-state index in [9.17, 15) is 4.79 Å². The highest BCUT2D eigenvalue weighted by atomic mass is 16.4. The lowest BCUT2D eigenvalue weighted by Gasteiger charge is -1.99. The van der Waals surface area contributed by atoms with Crippen molar-refractivity contribution < 1.29 is 9.90 Å². The average Bonchev–Trinajstić information content (AvgIpc) is 2.96. The number of carboxylic acid groups (broad SMARTS) is 1. The summed E-state index contributed by atoms with van der Waals surface area (Å²) in [5, 5.41) is 9.70. The molecule has 2 aromatic rings. The lowest BCUT2D eigenvalue weighted by atomic mass is 10.1. The standard InChI is InChI=1S/C10H9N3O2/c14-10(15)6-3-11-9-7(6)8(5-1-2-5)12-4-13-9/h3-5H,1-2H2,(H,14,15)(H,11,12,13). The van der Waals surface area contributed by atoms with Crippen molar-refractivity contribution in [3.8, 4) is 0 Å². The Morgan fingerprint density at radius 1 is 1.47 bits per heavy atom. The number of aromatic carboxylic acids is 1. The van der Waals surface area contributed by atoms with Gasteiger partial charge in [-0.1, -0.05) is 0 Å². The van der Waals surface area contributed by atoms with Gasteiger partial charge in [0, 0.05) is 12.1 Å². The Bertz CT molecular complexity index is 543. The molecule has 0 atom stereocenters. The molecule has 2 heterocycles. The summed E-state index contributed by atoms with van der Waals surface area (Å²) in [6.07, 6.45) is 5.15. The van der Waals surface area contributed by atoms with E-state index in [2.05, 4.69) is 15.0 Å². The quantitative estimate of drug-likeness (QED) is 0.775. The van der Waals surface area contributed by atoms with Crippen LogP contribution in [0.15, 0.2) is 12.5 Å². The Kier molecular flexibility index (Phi) is 1.56. The maximum Gasteiger partial charge on any atom is 0.338 e. The first-order valence-electron chi connectivity index (χ1n) is 4.82. The second-order valence-electron chi connectivity index (χ2n) is 3.76. The summed E-state index contributed by atoms with van der Waals surface area (Å²) in [5.41, 5.74) is 1.76. The average molecular weight is 203 g/mol. The first-order chi connectivity index (χ1) is 7.27. The summed E-state index contributed by atoms with van der Waals surface area (Å²) in [6.45, 7) is 0. The van der Waals surface area contributed by atoms with Crippen molar-refractivity contribution in [3.63, 3.8) is 0 Å². The topological polar surface area (TPSA) is 78.9 Å². The van der Waals surface area contributed by atoms with Crippen molar-refractivity contribution in [2.24, 2.45) is 0 Å². The van der Waals surface area contributed by atoms with Crippen LogP contribution in [0.5, 0.6) is 0 Å². The molecule has 0 unspecified atom stereocenters. The number of H-pyrrole nitrogens is 1. The Morgan fingerprint density at radius 3 is 2.93 bits per heavy atom.